The summed E-state index contributed by atoms with van der Waals surface area (Å²) in [7, 11) is 1.48. The second kappa shape index (κ2) is 5.30. The van der Waals surface area contributed by atoms with Crippen LogP contribution in [0.4, 0.5) is 14.5 Å². The van der Waals surface area contributed by atoms with Gasteiger partial charge in [0.1, 0.15) is 11.4 Å². The van der Waals surface area contributed by atoms with Gasteiger partial charge in [-0.1, -0.05) is 0 Å². The number of hydrogen-bond acceptors (Lipinski definition) is 3. The molecule has 1 rings (SSSR count). The quantitative estimate of drug-likeness (QED) is 0.808. The molecular weight excluding hydrogens is 242 g/mol. The fourth-order valence-corrected chi connectivity index (χ4v) is 1.23. The highest BCUT2D eigenvalue weighted by molar-refractivity contribution is 5.95. The van der Waals surface area contributed by atoms with Crippen LogP contribution in [-0.4, -0.2) is 25.2 Å². The minimum Gasteiger partial charge on any atom is -0.396 e. The Morgan fingerprint density at radius 2 is 2.06 bits per heavy atom. The Labute approximate surface area is 104 Å². The molecule has 3 N–H and O–H groups in total. The Balaban J connectivity index is 2.89. The first-order valence-electron chi connectivity index (χ1n) is 5.35. The Morgan fingerprint density at radius 1 is 1.44 bits per heavy atom. The molecule has 0 aliphatic heterocycles. The monoisotopic (exact) mass is 258 g/mol. The molecule has 18 heavy (non-hydrogen) atoms. The van der Waals surface area contributed by atoms with Crippen molar-refractivity contribution >= 4 is 11.6 Å². The zero-order chi connectivity index (χ0) is 13.9. The molecule has 0 atom stereocenters. The van der Waals surface area contributed by atoms with Crippen LogP contribution >= 0.6 is 0 Å². The van der Waals surface area contributed by atoms with E-state index in [9.17, 15) is 13.6 Å². The SMILES string of the molecule is COC(C)(C)CNC(=O)c1c(F)ccc(N)c1F. The number of nitrogens with two attached hydrogens (primary N) is 1. The van der Waals surface area contributed by atoms with Crippen molar-refractivity contribution in [2.75, 3.05) is 19.4 Å². The number of carbonyl (C=O) groups is 1. The average molecular weight is 258 g/mol. The summed E-state index contributed by atoms with van der Waals surface area (Å²) in [6.07, 6.45) is 0. The molecule has 0 unspecified atom stereocenters. The molecule has 0 aliphatic carbocycles. The number of amides is 1. The van der Waals surface area contributed by atoms with Gasteiger partial charge in [-0.3, -0.25) is 4.79 Å². The highest BCUT2D eigenvalue weighted by Crippen LogP contribution is 2.18. The molecule has 0 saturated heterocycles. The molecule has 0 aliphatic rings. The molecule has 100 valence electrons. The number of anilines is 1. The van der Waals surface area contributed by atoms with Gasteiger partial charge in [0.05, 0.1) is 11.3 Å². The normalized spacial score (nSPS) is 11.4. The molecule has 0 heterocycles. The van der Waals surface area contributed by atoms with Crippen LogP contribution in [0.15, 0.2) is 12.1 Å². The standard InChI is InChI=1S/C12H16F2N2O2/c1-12(2,18-3)6-16-11(17)9-7(13)4-5-8(15)10(9)14/h4-5H,6,15H2,1-3H3,(H,16,17). The molecule has 6 heteroatoms. The number of carbonyl (C=O) groups excluding carboxylic acids is 1. The van der Waals surface area contributed by atoms with E-state index in [0.717, 1.165) is 12.1 Å². The first-order valence-corrected chi connectivity index (χ1v) is 5.35. The lowest BCUT2D eigenvalue weighted by molar-refractivity contribution is 0.0227. The minimum absolute atomic E-state index is 0.121. The Bertz CT molecular complexity index is 462. The van der Waals surface area contributed by atoms with Crippen molar-refractivity contribution < 1.29 is 18.3 Å². The Morgan fingerprint density at radius 3 is 2.61 bits per heavy atom. The van der Waals surface area contributed by atoms with Crippen molar-refractivity contribution in [2.24, 2.45) is 0 Å². The lowest BCUT2D eigenvalue weighted by atomic mass is 10.1. The van der Waals surface area contributed by atoms with Crippen LogP contribution in [0.1, 0.15) is 24.2 Å². The summed E-state index contributed by atoms with van der Waals surface area (Å²) < 4.78 is 32.0. The van der Waals surface area contributed by atoms with Crippen molar-refractivity contribution in [2.45, 2.75) is 19.4 Å². The predicted octanol–water partition coefficient (Wildman–Crippen LogP) is 1.70. The van der Waals surface area contributed by atoms with Crippen molar-refractivity contribution in [1.29, 1.82) is 0 Å². The van der Waals surface area contributed by atoms with Gasteiger partial charge in [0.15, 0.2) is 5.82 Å². The van der Waals surface area contributed by atoms with E-state index in [-0.39, 0.29) is 12.2 Å². The van der Waals surface area contributed by atoms with Gasteiger partial charge in [0.25, 0.3) is 5.91 Å². The zero-order valence-corrected chi connectivity index (χ0v) is 10.5. The van der Waals surface area contributed by atoms with Gasteiger partial charge in [0.2, 0.25) is 0 Å². The second-order valence-corrected chi connectivity index (χ2v) is 4.47. The first-order chi connectivity index (χ1) is 8.28. The smallest absolute Gasteiger partial charge is 0.257 e. The van der Waals surface area contributed by atoms with Crippen LogP contribution in [0.25, 0.3) is 0 Å². The molecule has 0 fully saturated rings. The summed E-state index contributed by atoms with van der Waals surface area (Å²) in [6, 6.07) is 2.02. The van der Waals surface area contributed by atoms with Crippen LogP contribution in [0, 0.1) is 11.6 Å². The van der Waals surface area contributed by atoms with Crippen LogP contribution in [0.3, 0.4) is 0 Å². The van der Waals surface area contributed by atoms with E-state index in [1.54, 1.807) is 13.8 Å². The van der Waals surface area contributed by atoms with E-state index in [1.165, 1.54) is 7.11 Å². The van der Waals surface area contributed by atoms with Gasteiger partial charge in [-0.25, -0.2) is 8.78 Å². The van der Waals surface area contributed by atoms with Gasteiger partial charge in [0, 0.05) is 13.7 Å². The maximum Gasteiger partial charge on any atom is 0.257 e. The van der Waals surface area contributed by atoms with Crippen LogP contribution in [0.5, 0.6) is 0 Å². The van der Waals surface area contributed by atoms with E-state index in [2.05, 4.69) is 5.32 Å². The number of ether oxygens (including phenoxy) is 1. The van der Waals surface area contributed by atoms with Gasteiger partial charge in [-0.05, 0) is 26.0 Å². The maximum absolute atomic E-state index is 13.6. The van der Waals surface area contributed by atoms with Crippen molar-refractivity contribution in [3.63, 3.8) is 0 Å². The van der Waals surface area contributed by atoms with Gasteiger partial charge in [-0.15, -0.1) is 0 Å². The summed E-state index contributed by atoms with van der Waals surface area (Å²) in [5.41, 5.74) is 3.72. The topological polar surface area (TPSA) is 64.3 Å². The summed E-state index contributed by atoms with van der Waals surface area (Å²) in [5, 5.41) is 2.40. The molecule has 0 saturated carbocycles. The lowest BCUT2D eigenvalue weighted by Gasteiger charge is -2.23. The van der Waals surface area contributed by atoms with E-state index in [1.807, 2.05) is 0 Å². The highest BCUT2D eigenvalue weighted by atomic mass is 19.1. The third kappa shape index (κ3) is 3.16. The molecule has 1 aromatic rings. The predicted molar refractivity (Wildman–Crippen MR) is 64.2 cm³/mol. The molecule has 0 bridgehead atoms. The highest BCUT2D eigenvalue weighted by Gasteiger charge is 2.22. The maximum atomic E-state index is 13.6. The molecular formula is C12H16F2N2O2. The largest absolute Gasteiger partial charge is 0.396 e. The number of rotatable bonds is 4. The molecule has 0 aromatic heterocycles. The molecule has 4 nitrogen and oxygen atoms in total. The number of hydrogen-bond donors (Lipinski definition) is 2. The molecule has 1 amide bonds. The Kier molecular flexibility index (Phi) is 4.24. The summed E-state index contributed by atoms with van der Waals surface area (Å²) in [6.45, 7) is 3.59. The summed E-state index contributed by atoms with van der Waals surface area (Å²) in [5.74, 6) is -2.86. The van der Waals surface area contributed by atoms with Crippen LogP contribution < -0.4 is 11.1 Å². The minimum atomic E-state index is -1.05. The van der Waals surface area contributed by atoms with Gasteiger partial charge in [-0.2, -0.15) is 0 Å². The molecule has 1 aromatic carbocycles. The van der Waals surface area contributed by atoms with Crippen LogP contribution in [-0.2, 0) is 4.74 Å². The van der Waals surface area contributed by atoms with Crippen LogP contribution in [0.2, 0.25) is 0 Å². The van der Waals surface area contributed by atoms with Crippen molar-refractivity contribution in [3.8, 4) is 0 Å². The fraction of sp³-hybridized carbons (Fsp3) is 0.417. The van der Waals surface area contributed by atoms with E-state index in [0.29, 0.717) is 0 Å². The first kappa shape index (κ1) is 14.4. The van der Waals surface area contributed by atoms with E-state index >= 15 is 0 Å². The average Bonchev–Trinajstić information content (AvgIpc) is 2.32. The third-order valence-corrected chi connectivity index (χ3v) is 2.58. The van der Waals surface area contributed by atoms with Gasteiger partial charge < -0.3 is 15.8 Å². The third-order valence-electron chi connectivity index (χ3n) is 2.58. The summed E-state index contributed by atoms with van der Waals surface area (Å²) >= 11 is 0. The van der Waals surface area contributed by atoms with Crippen molar-refractivity contribution in [1.82, 2.24) is 5.32 Å². The summed E-state index contributed by atoms with van der Waals surface area (Å²) in [4.78, 5) is 11.7. The Hall–Kier alpha value is -1.69. The van der Waals surface area contributed by atoms with Crippen molar-refractivity contribution in [3.05, 3.63) is 29.3 Å². The van der Waals surface area contributed by atoms with Gasteiger partial charge >= 0.3 is 0 Å². The fourth-order valence-electron chi connectivity index (χ4n) is 1.23. The molecule has 0 radical (unpaired) electrons. The van der Waals surface area contributed by atoms with E-state index in [4.69, 9.17) is 10.5 Å². The number of benzene rings is 1. The molecule has 0 spiro atoms. The second-order valence-electron chi connectivity index (χ2n) is 4.47. The number of methoxy groups -OCH3 is 1. The number of nitrogens with one attached hydrogen (secondary N) is 1. The van der Waals surface area contributed by atoms with E-state index < -0.39 is 28.7 Å². The lowest BCUT2D eigenvalue weighted by Crippen LogP contribution is -2.40. The number of nitrogen functional groups attached to an aromatic ring is 1. The number of halogens is 2. The zero-order valence-electron chi connectivity index (χ0n) is 10.5.